The van der Waals surface area contributed by atoms with Crippen LogP contribution in [-0.4, -0.2) is 30.4 Å². The number of hydrogen-bond acceptors (Lipinski definition) is 3. The Bertz CT molecular complexity index is 451. The summed E-state index contributed by atoms with van der Waals surface area (Å²) in [6.07, 6.45) is 0.773. The molecule has 120 valence electrons. The lowest BCUT2D eigenvalue weighted by Crippen LogP contribution is -2.46. The van der Waals surface area contributed by atoms with Crippen LogP contribution in [0, 0.1) is 6.92 Å². The minimum atomic E-state index is -0.276. The Morgan fingerprint density at radius 2 is 1.86 bits per heavy atom. The Kier molecular flexibility index (Phi) is 6.24. The van der Waals surface area contributed by atoms with Crippen LogP contribution in [0.5, 0.6) is 5.75 Å². The van der Waals surface area contributed by atoms with Crippen molar-refractivity contribution in [2.45, 2.75) is 58.9 Å². The first-order valence-electron chi connectivity index (χ1n) is 7.81. The summed E-state index contributed by atoms with van der Waals surface area (Å²) in [7, 11) is 0. The lowest BCUT2D eigenvalue weighted by Gasteiger charge is -2.29. The summed E-state index contributed by atoms with van der Waals surface area (Å²) in [6.45, 7) is 14.3. The molecular weight excluding hydrogens is 262 g/mol. The topological polar surface area (TPSA) is 41.5 Å². The van der Waals surface area contributed by atoms with Gasteiger partial charge in [0.15, 0.2) is 0 Å². The van der Waals surface area contributed by atoms with Crippen molar-refractivity contribution in [3.05, 3.63) is 29.3 Å². The lowest BCUT2D eigenvalue weighted by atomic mass is 9.85. The van der Waals surface area contributed by atoms with E-state index in [1.807, 2.05) is 13.8 Å². The van der Waals surface area contributed by atoms with Gasteiger partial charge in [0.2, 0.25) is 0 Å². The number of ether oxygens (including phenoxy) is 1. The second kappa shape index (κ2) is 7.28. The van der Waals surface area contributed by atoms with Crippen LogP contribution in [0.4, 0.5) is 0 Å². The molecular formula is C18H31NO2. The van der Waals surface area contributed by atoms with Crippen molar-refractivity contribution in [1.29, 1.82) is 0 Å². The van der Waals surface area contributed by atoms with Gasteiger partial charge in [-0.1, -0.05) is 45.4 Å². The van der Waals surface area contributed by atoms with Gasteiger partial charge in [-0.15, -0.1) is 0 Å². The highest BCUT2D eigenvalue weighted by atomic mass is 16.5. The number of aliphatic hydroxyl groups is 1. The summed E-state index contributed by atoms with van der Waals surface area (Å²) in [4.78, 5) is 0. The van der Waals surface area contributed by atoms with Gasteiger partial charge in [0.05, 0.1) is 13.2 Å². The number of hydrogen-bond donors (Lipinski definition) is 2. The maximum absolute atomic E-state index is 9.52. The molecule has 21 heavy (non-hydrogen) atoms. The molecule has 0 heterocycles. The molecule has 1 rings (SSSR count). The van der Waals surface area contributed by atoms with Gasteiger partial charge in [0.25, 0.3) is 0 Å². The number of aryl methyl sites for hydroxylation is 1. The molecule has 1 unspecified atom stereocenters. The minimum Gasteiger partial charge on any atom is -0.493 e. The van der Waals surface area contributed by atoms with Gasteiger partial charge < -0.3 is 15.2 Å². The molecule has 0 aliphatic rings. The summed E-state index contributed by atoms with van der Waals surface area (Å²) >= 11 is 0. The predicted octanol–water partition coefficient (Wildman–Crippen LogP) is 3.42. The number of rotatable bonds is 7. The van der Waals surface area contributed by atoms with Gasteiger partial charge in [0, 0.05) is 12.0 Å². The van der Waals surface area contributed by atoms with E-state index in [0.29, 0.717) is 6.61 Å². The number of benzene rings is 1. The molecule has 0 saturated heterocycles. The van der Waals surface area contributed by atoms with Gasteiger partial charge in [-0.05, 0) is 37.4 Å². The summed E-state index contributed by atoms with van der Waals surface area (Å²) in [5.74, 6) is 0.949. The van der Waals surface area contributed by atoms with Crippen LogP contribution in [0.2, 0.25) is 0 Å². The molecule has 0 fully saturated rings. The number of nitrogens with one attached hydrogen (secondary N) is 1. The van der Waals surface area contributed by atoms with E-state index < -0.39 is 0 Å². The van der Waals surface area contributed by atoms with Crippen molar-refractivity contribution >= 4 is 0 Å². The fourth-order valence-corrected chi connectivity index (χ4v) is 2.39. The summed E-state index contributed by atoms with van der Waals surface area (Å²) in [5, 5.41) is 12.8. The molecule has 0 bridgehead atoms. The Balaban J connectivity index is 2.76. The molecule has 1 aromatic rings. The predicted molar refractivity (Wildman–Crippen MR) is 89.2 cm³/mol. The van der Waals surface area contributed by atoms with Gasteiger partial charge >= 0.3 is 0 Å². The van der Waals surface area contributed by atoms with Crippen molar-refractivity contribution in [3.8, 4) is 5.75 Å². The summed E-state index contributed by atoms with van der Waals surface area (Å²) < 4.78 is 6.01. The smallest absolute Gasteiger partial charge is 0.123 e. The van der Waals surface area contributed by atoms with E-state index in [1.165, 1.54) is 11.1 Å². The molecule has 0 aliphatic carbocycles. The van der Waals surface area contributed by atoms with Gasteiger partial charge in [-0.2, -0.15) is 0 Å². The van der Waals surface area contributed by atoms with E-state index in [9.17, 15) is 5.11 Å². The van der Waals surface area contributed by atoms with Gasteiger partial charge in [-0.3, -0.25) is 0 Å². The van der Waals surface area contributed by atoms with Gasteiger partial charge in [0.1, 0.15) is 5.75 Å². The highest BCUT2D eigenvalue weighted by Gasteiger charge is 2.23. The van der Waals surface area contributed by atoms with Crippen LogP contribution in [0.3, 0.4) is 0 Å². The molecule has 0 amide bonds. The molecule has 0 aromatic heterocycles. The number of likely N-dealkylation sites (N-methyl/N-ethyl adjacent to an activating group) is 1. The van der Waals surface area contributed by atoms with Crippen LogP contribution in [0.15, 0.2) is 18.2 Å². The molecule has 0 spiro atoms. The highest BCUT2D eigenvalue weighted by molar-refractivity contribution is 5.41. The van der Waals surface area contributed by atoms with E-state index in [-0.39, 0.29) is 17.6 Å². The third-order valence-electron chi connectivity index (χ3n) is 3.81. The van der Waals surface area contributed by atoms with Crippen molar-refractivity contribution in [1.82, 2.24) is 5.32 Å². The van der Waals surface area contributed by atoms with Crippen LogP contribution < -0.4 is 10.1 Å². The minimum absolute atomic E-state index is 0.0588. The normalized spacial score (nSPS) is 14.8. The molecule has 3 heteroatoms. The summed E-state index contributed by atoms with van der Waals surface area (Å²) in [5.41, 5.74) is 2.27. The maximum Gasteiger partial charge on any atom is 0.123 e. The first-order valence-corrected chi connectivity index (χ1v) is 7.81. The molecule has 3 nitrogen and oxygen atoms in total. The second-order valence-corrected chi connectivity index (χ2v) is 7.10. The van der Waals surface area contributed by atoms with E-state index >= 15 is 0 Å². The molecule has 1 atom stereocenters. The van der Waals surface area contributed by atoms with Crippen LogP contribution in [0.1, 0.15) is 52.2 Å². The zero-order chi connectivity index (χ0) is 16.1. The van der Waals surface area contributed by atoms with Crippen molar-refractivity contribution in [2.75, 3.05) is 19.8 Å². The average Bonchev–Trinajstić information content (AvgIpc) is 2.39. The molecule has 0 radical (unpaired) electrons. The fourth-order valence-electron chi connectivity index (χ4n) is 2.39. The molecule has 0 saturated carbocycles. The zero-order valence-corrected chi connectivity index (χ0v) is 14.4. The van der Waals surface area contributed by atoms with E-state index in [4.69, 9.17) is 4.74 Å². The largest absolute Gasteiger partial charge is 0.493 e. The van der Waals surface area contributed by atoms with Crippen LogP contribution >= 0.6 is 0 Å². The third-order valence-corrected chi connectivity index (χ3v) is 3.81. The average molecular weight is 293 g/mol. The van der Waals surface area contributed by atoms with Crippen LogP contribution in [-0.2, 0) is 5.41 Å². The summed E-state index contributed by atoms with van der Waals surface area (Å²) in [6, 6.07) is 6.34. The zero-order valence-electron chi connectivity index (χ0n) is 14.4. The van der Waals surface area contributed by atoms with Crippen molar-refractivity contribution < 1.29 is 9.84 Å². The monoisotopic (exact) mass is 293 g/mol. The quantitative estimate of drug-likeness (QED) is 0.809. The SMILES string of the molecule is CCNC(C)(CO)CCOc1ccc(C)cc1C(C)(C)C. The number of aliphatic hydroxyl groups excluding tert-OH is 1. The lowest BCUT2D eigenvalue weighted by molar-refractivity contribution is 0.145. The molecule has 2 N–H and O–H groups in total. The maximum atomic E-state index is 9.52. The molecule has 1 aromatic carbocycles. The Labute approximate surface area is 129 Å². The van der Waals surface area contributed by atoms with E-state index in [0.717, 1.165) is 18.7 Å². The fraction of sp³-hybridized carbons (Fsp3) is 0.667. The Morgan fingerprint density at radius 3 is 2.38 bits per heavy atom. The first-order chi connectivity index (χ1) is 9.72. The standard InChI is InChI=1S/C18H31NO2/c1-7-19-18(6,13-20)10-11-21-16-9-8-14(2)12-15(16)17(3,4)5/h8-9,12,19-20H,7,10-11,13H2,1-6H3. The third kappa shape index (κ3) is 5.33. The highest BCUT2D eigenvalue weighted by Crippen LogP contribution is 2.32. The second-order valence-electron chi connectivity index (χ2n) is 7.10. The van der Waals surface area contributed by atoms with Gasteiger partial charge in [-0.25, -0.2) is 0 Å². The van der Waals surface area contributed by atoms with Crippen LogP contribution in [0.25, 0.3) is 0 Å². The van der Waals surface area contributed by atoms with E-state index in [2.05, 4.69) is 51.2 Å². The van der Waals surface area contributed by atoms with Crippen molar-refractivity contribution in [2.24, 2.45) is 0 Å². The van der Waals surface area contributed by atoms with E-state index in [1.54, 1.807) is 0 Å². The Morgan fingerprint density at radius 1 is 1.19 bits per heavy atom. The van der Waals surface area contributed by atoms with Crippen molar-refractivity contribution in [3.63, 3.8) is 0 Å². The first kappa shape index (κ1) is 18.0. The molecule has 0 aliphatic heterocycles. The Hall–Kier alpha value is -1.06.